The van der Waals surface area contributed by atoms with Crippen LogP contribution in [-0.2, 0) is 0 Å². The largest absolute Gasteiger partial charge is 0.495 e. The number of hydrogen-bond acceptors (Lipinski definition) is 5. The van der Waals surface area contributed by atoms with Crippen molar-refractivity contribution < 1.29 is 19.4 Å². The molecule has 1 aromatic heterocycles. The van der Waals surface area contributed by atoms with E-state index in [9.17, 15) is 9.59 Å². The third-order valence-corrected chi connectivity index (χ3v) is 2.62. The third kappa shape index (κ3) is 2.86. The third-order valence-electron chi connectivity index (χ3n) is 2.33. The van der Waals surface area contributed by atoms with E-state index >= 15 is 0 Å². The minimum absolute atomic E-state index is 0.139. The molecule has 3 N–H and O–H groups in total. The van der Waals surface area contributed by atoms with Crippen LogP contribution in [0.15, 0.2) is 18.2 Å². The number of carbonyl (C=O) groups is 2. The topological polar surface area (TPSA) is 117 Å². The lowest BCUT2D eigenvalue weighted by molar-refractivity contribution is 0.0683. The van der Waals surface area contributed by atoms with Gasteiger partial charge in [-0.25, -0.2) is 4.79 Å². The average molecular weight is 297 g/mol. The molecule has 1 aromatic carbocycles. The van der Waals surface area contributed by atoms with Crippen LogP contribution in [0.2, 0.25) is 5.02 Å². The molecule has 2 aromatic rings. The number of H-pyrrole nitrogens is 1. The Morgan fingerprint density at radius 3 is 2.75 bits per heavy atom. The minimum Gasteiger partial charge on any atom is -0.495 e. The van der Waals surface area contributed by atoms with Crippen molar-refractivity contribution in [1.29, 1.82) is 0 Å². The van der Waals surface area contributed by atoms with Crippen LogP contribution in [0.5, 0.6) is 5.75 Å². The van der Waals surface area contributed by atoms with Crippen molar-refractivity contribution in [3.63, 3.8) is 0 Å². The maximum atomic E-state index is 11.9. The van der Waals surface area contributed by atoms with Crippen LogP contribution in [-0.4, -0.2) is 39.3 Å². The lowest BCUT2D eigenvalue weighted by Gasteiger charge is -2.05. The van der Waals surface area contributed by atoms with Gasteiger partial charge in [-0.3, -0.25) is 15.2 Å². The zero-order valence-electron chi connectivity index (χ0n) is 10.2. The highest BCUT2D eigenvalue weighted by molar-refractivity contribution is 6.32. The molecule has 0 aliphatic heterocycles. The highest BCUT2D eigenvalue weighted by Crippen LogP contribution is 2.25. The van der Waals surface area contributed by atoms with E-state index in [1.165, 1.54) is 25.3 Å². The van der Waals surface area contributed by atoms with Crippen LogP contribution in [0, 0.1) is 0 Å². The summed E-state index contributed by atoms with van der Waals surface area (Å²) >= 11 is 5.90. The number of methoxy groups -OCH3 is 1. The summed E-state index contributed by atoms with van der Waals surface area (Å²) in [5, 5.41) is 17.0. The first-order valence-corrected chi connectivity index (χ1v) is 5.69. The summed E-state index contributed by atoms with van der Waals surface area (Å²) < 4.78 is 4.97. The number of amides is 1. The van der Waals surface area contributed by atoms with Gasteiger partial charge in [-0.15, -0.1) is 5.10 Å². The number of rotatable bonds is 4. The summed E-state index contributed by atoms with van der Waals surface area (Å²) in [4.78, 5) is 26.1. The molecule has 0 bridgehead atoms. The summed E-state index contributed by atoms with van der Waals surface area (Å²) in [6, 6.07) is 4.46. The molecule has 1 heterocycles. The molecule has 0 saturated heterocycles. The molecule has 104 valence electrons. The van der Waals surface area contributed by atoms with E-state index in [0.29, 0.717) is 5.75 Å². The van der Waals surface area contributed by atoms with Gasteiger partial charge in [0.1, 0.15) is 5.75 Å². The van der Waals surface area contributed by atoms with Gasteiger partial charge in [0.05, 0.1) is 12.1 Å². The maximum Gasteiger partial charge on any atom is 0.373 e. The van der Waals surface area contributed by atoms with Gasteiger partial charge < -0.3 is 9.84 Å². The fourth-order valence-electron chi connectivity index (χ4n) is 1.39. The van der Waals surface area contributed by atoms with Crippen molar-refractivity contribution in [2.75, 3.05) is 12.4 Å². The number of hydrogen-bond donors (Lipinski definition) is 3. The molecule has 9 heteroatoms. The number of anilines is 1. The van der Waals surface area contributed by atoms with Gasteiger partial charge in [-0.05, 0) is 18.2 Å². The predicted molar refractivity (Wildman–Crippen MR) is 69.3 cm³/mol. The van der Waals surface area contributed by atoms with Gasteiger partial charge >= 0.3 is 5.97 Å². The Labute approximate surface area is 117 Å². The maximum absolute atomic E-state index is 11.9. The predicted octanol–water partition coefficient (Wildman–Crippen LogP) is 1.42. The number of aromatic carboxylic acids is 1. The number of aromatic amines is 1. The van der Waals surface area contributed by atoms with Gasteiger partial charge in [0.2, 0.25) is 11.8 Å². The van der Waals surface area contributed by atoms with Crippen LogP contribution in [0.25, 0.3) is 0 Å². The SMILES string of the molecule is COc1ccc(C(=O)Nc2n[nH]c(C(=O)O)n2)cc1Cl. The van der Waals surface area contributed by atoms with Crippen molar-refractivity contribution in [1.82, 2.24) is 15.2 Å². The number of halogens is 1. The van der Waals surface area contributed by atoms with Gasteiger partial charge in [0.25, 0.3) is 5.91 Å². The summed E-state index contributed by atoms with van der Waals surface area (Å²) in [5.74, 6) is -1.86. The summed E-state index contributed by atoms with van der Waals surface area (Å²) in [6.45, 7) is 0. The lowest BCUT2D eigenvalue weighted by Crippen LogP contribution is -2.13. The summed E-state index contributed by atoms with van der Waals surface area (Å²) in [7, 11) is 1.46. The Morgan fingerprint density at radius 1 is 1.45 bits per heavy atom. The standard InChI is InChI=1S/C11H9ClN4O4/c1-20-7-3-2-5(4-6(7)12)9(17)14-11-13-8(10(18)19)15-16-11/h2-4H,1H3,(H,18,19)(H2,13,14,15,16,17). The van der Waals surface area contributed by atoms with Crippen molar-refractivity contribution in [2.24, 2.45) is 0 Å². The highest BCUT2D eigenvalue weighted by atomic mass is 35.5. The number of benzene rings is 1. The van der Waals surface area contributed by atoms with Crippen LogP contribution in [0.3, 0.4) is 0 Å². The Bertz CT molecular complexity index is 670. The first-order valence-electron chi connectivity index (χ1n) is 5.32. The molecular weight excluding hydrogens is 288 g/mol. The van der Waals surface area contributed by atoms with E-state index in [1.807, 2.05) is 0 Å². The molecule has 1 amide bonds. The van der Waals surface area contributed by atoms with E-state index < -0.39 is 11.9 Å². The lowest BCUT2D eigenvalue weighted by atomic mass is 10.2. The number of nitrogens with zero attached hydrogens (tertiary/aromatic N) is 2. The fourth-order valence-corrected chi connectivity index (χ4v) is 1.65. The highest BCUT2D eigenvalue weighted by Gasteiger charge is 2.14. The first-order chi connectivity index (χ1) is 9.51. The Balaban J connectivity index is 2.15. The van der Waals surface area contributed by atoms with Crippen LogP contribution in [0.4, 0.5) is 5.95 Å². The van der Waals surface area contributed by atoms with Crippen molar-refractivity contribution in [2.45, 2.75) is 0 Å². The number of aromatic nitrogens is 3. The molecule has 2 rings (SSSR count). The van der Waals surface area contributed by atoms with Gasteiger partial charge in [0, 0.05) is 5.56 Å². The van der Waals surface area contributed by atoms with Crippen LogP contribution < -0.4 is 10.1 Å². The van der Waals surface area contributed by atoms with Gasteiger partial charge in [0.15, 0.2) is 0 Å². The van der Waals surface area contributed by atoms with Gasteiger partial charge in [-0.1, -0.05) is 11.6 Å². The molecule has 0 aliphatic rings. The molecule has 0 atom stereocenters. The summed E-state index contributed by atoms with van der Waals surface area (Å²) in [6.07, 6.45) is 0. The molecule has 0 radical (unpaired) electrons. The molecule has 0 fully saturated rings. The second-order valence-corrected chi connectivity index (χ2v) is 4.02. The molecule has 20 heavy (non-hydrogen) atoms. The van der Waals surface area contributed by atoms with Crippen molar-refractivity contribution in [3.05, 3.63) is 34.6 Å². The van der Waals surface area contributed by atoms with E-state index in [2.05, 4.69) is 20.5 Å². The Kier molecular flexibility index (Phi) is 3.85. The molecule has 0 unspecified atom stereocenters. The molecule has 0 aliphatic carbocycles. The van der Waals surface area contributed by atoms with Crippen LogP contribution in [0.1, 0.15) is 21.0 Å². The smallest absolute Gasteiger partial charge is 0.373 e. The van der Waals surface area contributed by atoms with Crippen LogP contribution >= 0.6 is 11.6 Å². The zero-order valence-corrected chi connectivity index (χ0v) is 10.9. The van der Waals surface area contributed by atoms with E-state index in [4.69, 9.17) is 21.4 Å². The Hall–Kier alpha value is -2.61. The first kappa shape index (κ1) is 13.8. The molecule has 0 spiro atoms. The van der Waals surface area contributed by atoms with E-state index in [-0.39, 0.29) is 22.4 Å². The van der Waals surface area contributed by atoms with Crippen molar-refractivity contribution in [3.8, 4) is 5.75 Å². The molecule has 0 saturated carbocycles. The number of carbonyl (C=O) groups excluding carboxylic acids is 1. The fraction of sp³-hybridized carbons (Fsp3) is 0.0909. The van der Waals surface area contributed by atoms with Gasteiger partial charge in [-0.2, -0.15) is 4.98 Å². The number of carboxylic acids is 1. The number of ether oxygens (including phenoxy) is 1. The second-order valence-electron chi connectivity index (χ2n) is 3.62. The number of carboxylic acid groups (broad SMARTS) is 1. The number of nitrogens with one attached hydrogen (secondary N) is 2. The average Bonchev–Trinajstić information content (AvgIpc) is 2.87. The quantitative estimate of drug-likeness (QED) is 0.785. The van der Waals surface area contributed by atoms with Crippen molar-refractivity contribution >= 4 is 29.4 Å². The summed E-state index contributed by atoms with van der Waals surface area (Å²) in [5.41, 5.74) is 0.262. The normalized spacial score (nSPS) is 10.1. The van der Waals surface area contributed by atoms with E-state index in [0.717, 1.165) is 0 Å². The van der Waals surface area contributed by atoms with E-state index in [1.54, 1.807) is 0 Å². The minimum atomic E-state index is -1.27. The zero-order chi connectivity index (χ0) is 14.7. The monoisotopic (exact) mass is 296 g/mol. The second kappa shape index (κ2) is 5.57. The molecule has 8 nitrogen and oxygen atoms in total. The Morgan fingerprint density at radius 2 is 2.20 bits per heavy atom. The molecular formula is C11H9ClN4O4.